The molecule has 0 bridgehead atoms. The predicted molar refractivity (Wildman–Crippen MR) is 60.7 cm³/mol. The summed E-state index contributed by atoms with van der Waals surface area (Å²) in [5.74, 6) is -0.206. The first-order valence-electron chi connectivity index (χ1n) is 5.95. The summed E-state index contributed by atoms with van der Waals surface area (Å²) in [6, 6.07) is 0. The van der Waals surface area contributed by atoms with Crippen molar-refractivity contribution in [2.45, 2.75) is 44.9 Å². The lowest BCUT2D eigenvalue weighted by atomic mass is 9.69. The number of carboxylic acid groups (broad SMARTS) is 1. The van der Waals surface area contributed by atoms with Crippen LogP contribution in [0.1, 0.15) is 44.3 Å². The Kier molecular flexibility index (Phi) is 3.31. The molecule has 0 saturated heterocycles. The first kappa shape index (κ1) is 11.9. The lowest BCUT2D eigenvalue weighted by molar-refractivity contribution is -0.140. The second-order valence-corrected chi connectivity index (χ2v) is 4.93. The van der Waals surface area contributed by atoms with Crippen molar-refractivity contribution in [2.75, 3.05) is 0 Å². The van der Waals surface area contributed by atoms with Crippen LogP contribution in [0.25, 0.3) is 0 Å². The van der Waals surface area contributed by atoms with E-state index in [1.54, 1.807) is 0 Å². The highest BCUT2D eigenvalue weighted by Crippen LogP contribution is 2.41. The average molecular weight is 239 g/mol. The number of rotatable bonds is 4. The van der Waals surface area contributed by atoms with E-state index < -0.39 is 5.97 Å². The molecule has 0 atom stereocenters. The van der Waals surface area contributed by atoms with Crippen LogP contribution in [0.15, 0.2) is 4.79 Å². The molecule has 0 radical (unpaired) electrons. The minimum atomic E-state index is -0.773. The van der Waals surface area contributed by atoms with E-state index in [9.17, 15) is 9.59 Å². The lowest BCUT2D eigenvalue weighted by Crippen LogP contribution is -2.30. The average Bonchev–Trinajstić information content (AvgIpc) is 2.63. The van der Waals surface area contributed by atoms with Crippen LogP contribution >= 0.6 is 0 Å². The van der Waals surface area contributed by atoms with Crippen molar-refractivity contribution < 1.29 is 9.90 Å². The maximum absolute atomic E-state index is 11.0. The van der Waals surface area contributed by atoms with Crippen LogP contribution in [0.2, 0.25) is 0 Å². The highest BCUT2D eigenvalue weighted by Gasteiger charge is 2.35. The minimum Gasteiger partial charge on any atom is -0.481 e. The molecular formula is C11H17N3O3. The van der Waals surface area contributed by atoms with Gasteiger partial charge in [-0.3, -0.25) is 9.78 Å². The van der Waals surface area contributed by atoms with Crippen molar-refractivity contribution in [3.8, 4) is 0 Å². The van der Waals surface area contributed by atoms with Crippen molar-refractivity contribution in [1.29, 1.82) is 0 Å². The quantitative estimate of drug-likeness (QED) is 0.731. The van der Waals surface area contributed by atoms with Gasteiger partial charge in [-0.1, -0.05) is 19.3 Å². The van der Waals surface area contributed by atoms with E-state index in [1.807, 2.05) is 0 Å². The number of nitrogens with one attached hydrogen (secondary N) is 2. The molecule has 0 aromatic carbocycles. The molecule has 0 spiro atoms. The van der Waals surface area contributed by atoms with Gasteiger partial charge in [0, 0.05) is 6.42 Å². The fourth-order valence-electron chi connectivity index (χ4n) is 2.78. The smallest absolute Gasteiger partial charge is 0.340 e. The molecule has 6 heteroatoms. The molecule has 1 aromatic rings. The summed E-state index contributed by atoms with van der Waals surface area (Å²) in [4.78, 5) is 24.5. The van der Waals surface area contributed by atoms with Crippen LogP contribution in [-0.2, 0) is 11.2 Å². The number of nitrogens with zero attached hydrogens (tertiary/aromatic N) is 1. The van der Waals surface area contributed by atoms with Gasteiger partial charge in [-0.2, -0.15) is 5.10 Å². The first-order valence-corrected chi connectivity index (χ1v) is 5.95. The van der Waals surface area contributed by atoms with E-state index in [1.165, 1.54) is 6.42 Å². The Morgan fingerprint density at radius 3 is 2.59 bits per heavy atom. The molecule has 94 valence electrons. The molecule has 0 aliphatic heterocycles. The van der Waals surface area contributed by atoms with Crippen molar-refractivity contribution in [3.63, 3.8) is 0 Å². The Morgan fingerprint density at radius 1 is 1.35 bits per heavy atom. The number of hydrogen-bond acceptors (Lipinski definition) is 3. The van der Waals surface area contributed by atoms with Gasteiger partial charge in [0.1, 0.15) is 5.82 Å². The second-order valence-electron chi connectivity index (χ2n) is 4.93. The van der Waals surface area contributed by atoms with Crippen molar-refractivity contribution in [1.82, 2.24) is 15.2 Å². The summed E-state index contributed by atoms with van der Waals surface area (Å²) in [5.41, 5.74) is -0.566. The first-order chi connectivity index (χ1) is 8.10. The van der Waals surface area contributed by atoms with Crippen LogP contribution in [-0.4, -0.2) is 26.3 Å². The van der Waals surface area contributed by atoms with E-state index in [0.29, 0.717) is 12.2 Å². The number of carboxylic acids is 1. The minimum absolute atomic E-state index is 0.155. The summed E-state index contributed by atoms with van der Waals surface area (Å²) >= 11 is 0. The molecule has 1 aliphatic carbocycles. The number of hydrogen-bond donors (Lipinski definition) is 3. The summed E-state index contributed by atoms with van der Waals surface area (Å²) in [5, 5.41) is 15.2. The number of aromatic amines is 2. The largest absolute Gasteiger partial charge is 0.481 e. The van der Waals surface area contributed by atoms with Crippen LogP contribution in [0.4, 0.5) is 0 Å². The van der Waals surface area contributed by atoms with E-state index in [2.05, 4.69) is 15.2 Å². The molecule has 0 amide bonds. The third kappa shape index (κ3) is 2.95. The Bertz CT molecular complexity index is 443. The van der Waals surface area contributed by atoms with Crippen LogP contribution in [0, 0.1) is 5.41 Å². The third-order valence-corrected chi connectivity index (χ3v) is 3.53. The zero-order chi connectivity index (χ0) is 12.3. The molecule has 1 aliphatic rings. The van der Waals surface area contributed by atoms with E-state index in [0.717, 1.165) is 25.7 Å². The fourth-order valence-corrected chi connectivity index (χ4v) is 2.78. The second kappa shape index (κ2) is 4.73. The molecule has 17 heavy (non-hydrogen) atoms. The Morgan fingerprint density at radius 2 is 2.06 bits per heavy atom. The van der Waals surface area contributed by atoms with Crippen molar-refractivity contribution in [2.24, 2.45) is 5.41 Å². The third-order valence-electron chi connectivity index (χ3n) is 3.53. The molecule has 6 nitrogen and oxygen atoms in total. The van der Waals surface area contributed by atoms with Gasteiger partial charge in [0.2, 0.25) is 0 Å². The maximum atomic E-state index is 11.0. The molecule has 3 N–H and O–H groups in total. The summed E-state index contributed by atoms with van der Waals surface area (Å²) < 4.78 is 0. The van der Waals surface area contributed by atoms with Gasteiger partial charge in [-0.25, -0.2) is 9.89 Å². The monoisotopic (exact) mass is 239 g/mol. The highest BCUT2D eigenvalue weighted by molar-refractivity contribution is 5.67. The molecular weight excluding hydrogens is 222 g/mol. The number of aromatic nitrogens is 3. The molecule has 0 unspecified atom stereocenters. The number of aliphatic carboxylic acids is 1. The summed E-state index contributed by atoms with van der Waals surface area (Å²) in [7, 11) is 0. The summed E-state index contributed by atoms with van der Waals surface area (Å²) in [6.07, 6.45) is 5.77. The maximum Gasteiger partial charge on any atom is 0.340 e. The Labute approximate surface area is 98.4 Å². The van der Waals surface area contributed by atoms with E-state index >= 15 is 0 Å². The lowest BCUT2D eigenvalue weighted by Gasteiger charge is -2.35. The molecule has 1 aromatic heterocycles. The Hall–Kier alpha value is -1.59. The van der Waals surface area contributed by atoms with Gasteiger partial charge in [0.05, 0.1) is 6.42 Å². The number of carbonyl (C=O) groups is 1. The van der Waals surface area contributed by atoms with Crippen molar-refractivity contribution >= 4 is 5.97 Å². The SMILES string of the molecule is O=C(O)CC1(Cc2n[nH]c(=O)[nH]2)CCCCC1. The van der Waals surface area contributed by atoms with Gasteiger partial charge in [0.15, 0.2) is 0 Å². The van der Waals surface area contributed by atoms with Gasteiger partial charge in [-0.05, 0) is 18.3 Å². The number of H-pyrrole nitrogens is 2. The van der Waals surface area contributed by atoms with Gasteiger partial charge in [-0.15, -0.1) is 0 Å². The van der Waals surface area contributed by atoms with Gasteiger partial charge >= 0.3 is 11.7 Å². The highest BCUT2D eigenvalue weighted by atomic mass is 16.4. The normalized spacial score (nSPS) is 19.1. The van der Waals surface area contributed by atoms with E-state index in [4.69, 9.17) is 5.11 Å². The predicted octanol–water partition coefficient (Wildman–Crippen LogP) is 1.07. The standard InChI is InChI=1S/C11H17N3O3/c15-9(16)7-11(4-2-1-3-5-11)6-8-12-10(17)14-13-8/h1-7H2,(H,15,16)(H2,12,13,14,17). The molecule has 2 rings (SSSR count). The zero-order valence-electron chi connectivity index (χ0n) is 9.66. The Balaban J connectivity index is 2.14. The molecule has 1 saturated carbocycles. The van der Waals surface area contributed by atoms with Gasteiger partial charge in [0.25, 0.3) is 0 Å². The van der Waals surface area contributed by atoms with Crippen LogP contribution in [0.5, 0.6) is 0 Å². The van der Waals surface area contributed by atoms with Crippen molar-refractivity contribution in [3.05, 3.63) is 16.3 Å². The molecule has 1 heterocycles. The molecule has 1 fully saturated rings. The van der Waals surface area contributed by atoms with Crippen LogP contribution in [0.3, 0.4) is 0 Å². The zero-order valence-corrected chi connectivity index (χ0v) is 9.66. The fraction of sp³-hybridized carbons (Fsp3) is 0.727. The topological polar surface area (TPSA) is 98.8 Å². The van der Waals surface area contributed by atoms with Crippen LogP contribution < -0.4 is 5.69 Å². The van der Waals surface area contributed by atoms with E-state index in [-0.39, 0.29) is 17.5 Å². The van der Waals surface area contributed by atoms with Gasteiger partial charge < -0.3 is 5.11 Å². The summed E-state index contributed by atoms with van der Waals surface area (Å²) in [6.45, 7) is 0.